The summed E-state index contributed by atoms with van der Waals surface area (Å²) in [5.41, 5.74) is -1.88. The van der Waals surface area contributed by atoms with Gasteiger partial charge in [-0.05, 0) is 19.1 Å². The van der Waals surface area contributed by atoms with E-state index in [1.54, 1.807) is 0 Å². The van der Waals surface area contributed by atoms with E-state index in [2.05, 4.69) is 4.98 Å². The predicted molar refractivity (Wildman–Crippen MR) is 85.0 cm³/mol. The Bertz CT molecular complexity index is 899. The Labute approximate surface area is 140 Å². The molecule has 1 saturated heterocycles. The lowest BCUT2D eigenvalue weighted by Crippen LogP contribution is -2.40. The van der Waals surface area contributed by atoms with Crippen molar-refractivity contribution >= 4 is 22.6 Å². The lowest BCUT2D eigenvalue weighted by molar-refractivity contribution is -0.137. The van der Waals surface area contributed by atoms with E-state index < -0.39 is 23.1 Å². The second-order valence-electron chi connectivity index (χ2n) is 5.85. The third kappa shape index (κ3) is 3.11. The number of aromatic nitrogens is 2. The van der Waals surface area contributed by atoms with Gasteiger partial charge in [0.25, 0.3) is 5.56 Å². The van der Waals surface area contributed by atoms with Gasteiger partial charge in [0.1, 0.15) is 0 Å². The largest absolute Gasteiger partial charge is 0.416 e. The zero-order chi connectivity index (χ0) is 18.4. The summed E-state index contributed by atoms with van der Waals surface area (Å²) in [6.07, 6.45) is -4.66. The molecule has 0 unspecified atom stereocenters. The van der Waals surface area contributed by atoms with Crippen molar-refractivity contribution in [3.8, 4) is 0 Å². The van der Waals surface area contributed by atoms with Crippen molar-refractivity contribution in [2.45, 2.75) is 13.1 Å². The van der Waals surface area contributed by atoms with Crippen LogP contribution in [0.2, 0.25) is 0 Å². The molecule has 0 aliphatic carbocycles. The molecule has 1 fully saturated rings. The molecule has 3 rings (SSSR count). The predicted octanol–water partition coefficient (Wildman–Crippen LogP) is 1.99. The maximum absolute atomic E-state index is 13.1. The monoisotopic (exact) mass is 355 g/mol. The minimum absolute atomic E-state index is 0.00917. The Morgan fingerprint density at radius 2 is 1.88 bits per heavy atom. The zero-order valence-electron chi connectivity index (χ0n) is 13.7. The number of anilines is 1. The Morgan fingerprint density at radius 1 is 1.24 bits per heavy atom. The molecular weight excluding hydrogens is 339 g/mol. The number of carbonyl (C=O) groups is 1. The molecular formula is C16H16F3N3O3. The highest BCUT2D eigenvalue weighted by Gasteiger charge is 2.33. The highest BCUT2D eigenvalue weighted by Crippen LogP contribution is 2.32. The Morgan fingerprint density at radius 3 is 2.44 bits per heavy atom. The molecule has 0 radical (unpaired) electrons. The number of hydrogen-bond donors (Lipinski definition) is 0. The third-order valence-electron chi connectivity index (χ3n) is 4.16. The van der Waals surface area contributed by atoms with Gasteiger partial charge in [0.2, 0.25) is 5.95 Å². The molecule has 2 heterocycles. The number of ketones is 1. The van der Waals surface area contributed by atoms with E-state index in [-0.39, 0.29) is 16.5 Å². The summed E-state index contributed by atoms with van der Waals surface area (Å²) in [5, 5.41) is -0.223. The molecule has 1 aliphatic rings. The van der Waals surface area contributed by atoms with Crippen LogP contribution < -0.4 is 10.5 Å². The molecule has 0 amide bonds. The number of hydrogen-bond acceptors (Lipinski definition) is 5. The highest BCUT2D eigenvalue weighted by atomic mass is 19.4. The van der Waals surface area contributed by atoms with Crippen LogP contribution in [0.5, 0.6) is 0 Å². The van der Waals surface area contributed by atoms with E-state index >= 15 is 0 Å². The van der Waals surface area contributed by atoms with Crippen molar-refractivity contribution in [2.75, 3.05) is 31.2 Å². The molecule has 6 nitrogen and oxygen atoms in total. The standard InChI is InChI=1S/C16H16F3N3O3/c1-9(23)11-7-10(16(17,18)19)8-12-13(11)20-15(21(2)14(12)24)22-3-5-25-6-4-22/h7-8H,3-6H2,1-2H3. The topological polar surface area (TPSA) is 64.4 Å². The van der Waals surface area contributed by atoms with Crippen LogP contribution >= 0.6 is 0 Å². The quantitative estimate of drug-likeness (QED) is 0.771. The molecule has 1 aliphatic heterocycles. The van der Waals surface area contributed by atoms with Crippen LogP contribution in [0.15, 0.2) is 16.9 Å². The third-order valence-corrected chi connectivity index (χ3v) is 4.16. The summed E-state index contributed by atoms with van der Waals surface area (Å²) >= 11 is 0. The first-order valence-corrected chi connectivity index (χ1v) is 7.65. The minimum Gasteiger partial charge on any atom is -0.378 e. The fraction of sp³-hybridized carbons (Fsp3) is 0.438. The zero-order valence-corrected chi connectivity index (χ0v) is 13.7. The van der Waals surface area contributed by atoms with Crippen molar-refractivity contribution in [1.82, 2.24) is 9.55 Å². The molecule has 2 aromatic rings. The molecule has 0 bridgehead atoms. The summed E-state index contributed by atoms with van der Waals surface area (Å²) in [6, 6.07) is 1.50. The molecule has 0 atom stereocenters. The van der Waals surface area contributed by atoms with Gasteiger partial charge in [-0.3, -0.25) is 14.2 Å². The van der Waals surface area contributed by atoms with Gasteiger partial charge in [0.05, 0.1) is 29.7 Å². The number of carbonyl (C=O) groups excluding carboxylic acids is 1. The van der Waals surface area contributed by atoms with E-state index in [1.807, 2.05) is 4.90 Å². The molecule has 0 saturated carbocycles. The number of rotatable bonds is 2. The van der Waals surface area contributed by atoms with Crippen molar-refractivity contribution in [3.05, 3.63) is 33.6 Å². The number of nitrogens with zero attached hydrogens (tertiary/aromatic N) is 3. The van der Waals surface area contributed by atoms with Crippen LogP contribution in [0.4, 0.5) is 19.1 Å². The Balaban J connectivity index is 2.31. The van der Waals surface area contributed by atoms with Crippen molar-refractivity contribution in [1.29, 1.82) is 0 Å². The lowest BCUT2D eigenvalue weighted by atomic mass is 10.0. The first kappa shape index (κ1) is 17.4. The molecule has 134 valence electrons. The van der Waals surface area contributed by atoms with Gasteiger partial charge in [-0.25, -0.2) is 4.98 Å². The second-order valence-corrected chi connectivity index (χ2v) is 5.85. The molecule has 9 heteroatoms. The summed E-state index contributed by atoms with van der Waals surface area (Å²) in [6.45, 7) is 3.08. The smallest absolute Gasteiger partial charge is 0.378 e. The second kappa shape index (κ2) is 6.14. The van der Waals surface area contributed by atoms with Gasteiger partial charge in [0, 0.05) is 25.7 Å². The van der Waals surface area contributed by atoms with Crippen LogP contribution in [-0.4, -0.2) is 41.6 Å². The minimum atomic E-state index is -4.66. The van der Waals surface area contributed by atoms with Crippen molar-refractivity contribution in [3.63, 3.8) is 0 Å². The maximum atomic E-state index is 13.1. The van der Waals surface area contributed by atoms with Crippen molar-refractivity contribution < 1.29 is 22.7 Å². The number of ether oxygens (including phenoxy) is 1. The molecule has 0 spiro atoms. The fourth-order valence-electron chi connectivity index (χ4n) is 2.84. The highest BCUT2D eigenvalue weighted by molar-refractivity contribution is 6.05. The van der Waals surface area contributed by atoms with Gasteiger partial charge < -0.3 is 9.64 Å². The van der Waals surface area contributed by atoms with E-state index in [0.29, 0.717) is 32.3 Å². The normalized spacial score (nSPS) is 15.6. The summed E-state index contributed by atoms with van der Waals surface area (Å²) in [7, 11) is 1.45. The van der Waals surface area contributed by atoms with Crippen LogP contribution in [0.1, 0.15) is 22.8 Å². The number of fused-ring (bicyclic) bond motifs is 1. The molecule has 0 N–H and O–H groups in total. The van der Waals surface area contributed by atoms with E-state index in [9.17, 15) is 22.8 Å². The molecule has 1 aromatic carbocycles. The van der Waals surface area contributed by atoms with E-state index in [4.69, 9.17) is 4.74 Å². The Hall–Kier alpha value is -2.42. The van der Waals surface area contributed by atoms with E-state index in [1.165, 1.54) is 11.6 Å². The van der Waals surface area contributed by atoms with Gasteiger partial charge >= 0.3 is 6.18 Å². The average molecular weight is 355 g/mol. The van der Waals surface area contributed by atoms with E-state index in [0.717, 1.165) is 19.1 Å². The summed E-state index contributed by atoms with van der Waals surface area (Å²) in [5.74, 6) is -0.271. The number of halogens is 3. The van der Waals surface area contributed by atoms with Gasteiger partial charge in [-0.1, -0.05) is 0 Å². The molecule has 1 aromatic heterocycles. The van der Waals surface area contributed by atoms with Crippen LogP contribution in [0, 0.1) is 0 Å². The number of alkyl halides is 3. The van der Waals surface area contributed by atoms with Crippen LogP contribution in [-0.2, 0) is 18.0 Å². The van der Waals surface area contributed by atoms with Crippen molar-refractivity contribution in [2.24, 2.45) is 7.05 Å². The number of benzene rings is 1. The van der Waals surface area contributed by atoms with Crippen LogP contribution in [0.25, 0.3) is 10.9 Å². The lowest BCUT2D eigenvalue weighted by Gasteiger charge is -2.29. The first-order valence-electron chi connectivity index (χ1n) is 7.65. The average Bonchev–Trinajstić information content (AvgIpc) is 2.57. The summed E-state index contributed by atoms with van der Waals surface area (Å²) in [4.78, 5) is 30.7. The fourth-order valence-corrected chi connectivity index (χ4v) is 2.84. The van der Waals surface area contributed by atoms with Gasteiger partial charge in [-0.2, -0.15) is 13.2 Å². The SMILES string of the molecule is CC(=O)c1cc(C(F)(F)F)cc2c(=O)n(C)c(N3CCOCC3)nc12. The Kier molecular flexibility index (Phi) is 4.28. The van der Waals surface area contributed by atoms with Crippen LogP contribution in [0.3, 0.4) is 0 Å². The maximum Gasteiger partial charge on any atom is 0.416 e. The van der Waals surface area contributed by atoms with Gasteiger partial charge in [0.15, 0.2) is 5.78 Å². The first-order chi connectivity index (χ1) is 11.7. The summed E-state index contributed by atoms with van der Waals surface area (Å²) < 4.78 is 45.8. The molecule has 25 heavy (non-hydrogen) atoms. The number of Topliss-reactive ketones (excluding diaryl/α,β-unsaturated/α-hetero) is 1. The van der Waals surface area contributed by atoms with Gasteiger partial charge in [-0.15, -0.1) is 0 Å². The number of morpholine rings is 1.